The van der Waals surface area contributed by atoms with Crippen LogP contribution in [0.1, 0.15) is 81.9 Å². The Balaban J connectivity index is 1.67. The van der Waals surface area contributed by atoms with Gasteiger partial charge in [0.25, 0.3) is 0 Å². The van der Waals surface area contributed by atoms with E-state index < -0.39 is 17.5 Å². The summed E-state index contributed by atoms with van der Waals surface area (Å²) in [5, 5.41) is 37.0. The second-order valence-corrected chi connectivity index (χ2v) is 11.4. The summed E-state index contributed by atoms with van der Waals surface area (Å²) >= 11 is 1.36. The molecule has 2 fully saturated rings. The van der Waals surface area contributed by atoms with Gasteiger partial charge in [0.05, 0.1) is 0 Å². The quantitative estimate of drug-likeness (QED) is 0.214. The van der Waals surface area contributed by atoms with E-state index in [2.05, 4.69) is 27.2 Å². The van der Waals surface area contributed by atoms with Gasteiger partial charge in [-0.1, -0.05) is 25.7 Å². The topological polar surface area (TPSA) is 162 Å². The molecule has 3 heterocycles. The van der Waals surface area contributed by atoms with Gasteiger partial charge in [0.1, 0.15) is 10.5 Å². The molecule has 198 valence electrons. The van der Waals surface area contributed by atoms with Gasteiger partial charge in [-0.25, -0.2) is 24.7 Å². The molecular formula is C25H34N8O3S. The number of anilines is 1. The standard InChI is InChI=1S/C25H34N8O3S/c1-14(16-9-6-10-16)28-19-17-20(31-21(30-19)18(26)29-24(34)35)32-22(25(2,36)23-27-11-12-37-23)33(17)13-15-7-4-3-5-8-15/h11-12,14-16,36H,3-10,13H2,1-2H3,(H2,26,29)(H,34,35)(H,28,30,31)/t14-,25?/m1/s1. The van der Waals surface area contributed by atoms with E-state index in [1.54, 1.807) is 13.1 Å². The molecule has 37 heavy (non-hydrogen) atoms. The van der Waals surface area contributed by atoms with Crippen molar-refractivity contribution in [2.75, 3.05) is 5.32 Å². The zero-order chi connectivity index (χ0) is 26.2. The number of aliphatic hydroxyl groups is 1. The van der Waals surface area contributed by atoms with Crippen molar-refractivity contribution in [3.05, 3.63) is 28.2 Å². The highest BCUT2D eigenvalue weighted by Crippen LogP contribution is 2.37. The lowest BCUT2D eigenvalue weighted by molar-refractivity contribution is 0.0866. The Kier molecular flexibility index (Phi) is 7.13. The van der Waals surface area contributed by atoms with Gasteiger partial charge in [-0.15, -0.1) is 11.3 Å². The Morgan fingerprint density at radius 1 is 1.22 bits per heavy atom. The number of hydrogen-bond donors (Lipinski definition) is 5. The molecule has 0 saturated heterocycles. The Bertz CT molecular complexity index is 1280. The molecule has 2 aliphatic rings. The SMILES string of the molecule is C[C@@H](Nc1nc(C(=N)NC(=O)O)nc2nc(C(C)(O)c3nccs3)n(CC3CCCCC3)c12)C1CCC1. The molecule has 0 spiro atoms. The molecule has 0 aromatic carbocycles. The van der Waals surface area contributed by atoms with E-state index in [0.717, 1.165) is 25.7 Å². The number of amides is 1. The highest BCUT2D eigenvalue weighted by Gasteiger charge is 2.37. The molecular weight excluding hydrogens is 492 g/mol. The lowest BCUT2D eigenvalue weighted by atomic mass is 9.80. The molecule has 11 nitrogen and oxygen atoms in total. The summed E-state index contributed by atoms with van der Waals surface area (Å²) in [6.45, 7) is 4.47. The van der Waals surface area contributed by atoms with Gasteiger partial charge in [-0.2, -0.15) is 0 Å². The van der Waals surface area contributed by atoms with Crippen LogP contribution >= 0.6 is 11.3 Å². The van der Waals surface area contributed by atoms with Gasteiger partial charge in [-0.3, -0.25) is 10.7 Å². The van der Waals surface area contributed by atoms with Crippen LogP contribution in [0.2, 0.25) is 0 Å². The van der Waals surface area contributed by atoms with Crippen LogP contribution in [-0.4, -0.2) is 52.7 Å². The monoisotopic (exact) mass is 526 g/mol. The van der Waals surface area contributed by atoms with Crippen molar-refractivity contribution in [1.29, 1.82) is 5.41 Å². The van der Waals surface area contributed by atoms with Crippen LogP contribution in [0.15, 0.2) is 11.6 Å². The molecule has 0 aliphatic heterocycles. The second kappa shape index (κ2) is 10.3. The minimum absolute atomic E-state index is 0.0685. The lowest BCUT2D eigenvalue weighted by Gasteiger charge is -2.32. The number of carbonyl (C=O) groups is 1. The van der Waals surface area contributed by atoms with Crippen LogP contribution in [0.4, 0.5) is 10.6 Å². The van der Waals surface area contributed by atoms with Gasteiger partial charge in [0.2, 0.25) is 0 Å². The summed E-state index contributed by atoms with van der Waals surface area (Å²) in [6.07, 6.45) is 9.58. The third-order valence-electron chi connectivity index (χ3n) is 7.73. The summed E-state index contributed by atoms with van der Waals surface area (Å²) in [4.78, 5) is 29.5. The van der Waals surface area contributed by atoms with Crippen LogP contribution in [-0.2, 0) is 12.1 Å². The largest absolute Gasteiger partial charge is 0.465 e. The van der Waals surface area contributed by atoms with Gasteiger partial charge in [-0.05, 0) is 51.4 Å². The van der Waals surface area contributed by atoms with Gasteiger partial charge in [0.15, 0.2) is 34.6 Å². The van der Waals surface area contributed by atoms with Crippen LogP contribution in [0, 0.1) is 17.2 Å². The number of rotatable bonds is 8. The zero-order valence-electron chi connectivity index (χ0n) is 21.2. The number of amidine groups is 1. The normalized spacial score (nSPS) is 19.2. The number of thiazole rings is 1. The minimum Gasteiger partial charge on any atom is -0.465 e. The number of nitrogens with zero attached hydrogens (tertiary/aromatic N) is 5. The van der Waals surface area contributed by atoms with E-state index in [-0.39, 0.29) is 11.9 Å². The maximum atomic E-state index is 11.7. The average molecular weight is 527 g/mol. The molecule has 3 aromatic rings. The first-order valence-corrected chi connectivity index (χ1v) is 13.9. The second-order valence-electron chi connectivity index (χ2n) is 10.5. The van der Waals surface area contributed by atoms with Crippen LogP contribution in [0.5, 0.6) is 0 Å². The predicted octanol–water partition coefficient (Wildman–Crippen LogP) is 4.31. The number of nitrogens with one attached hydrogen (secondary N) is 3. The lowest BCUT2D eigenvalue weighted by Crippen LogP contribution is -2.33. The molecule has 2 saturated carbocycles. The number of hydrogen-bond acceptors (Lipinski definition) is 9. The van der Waals surface area contributed by atoms with Crippen LogP contribution < -0.4 is 10.6 Å². The first-order chi connectivity index (χ1) is 17.7. The summed E-state index contributed by atoms with van der Waals surface area (Å²) in [7, 11) is 0. The molecule has 3 aromatic heterocycles. The minimum atomic E-state index is -1.46. The predicted molar refractivity (Wildman–Crippen MR) is 141 cm³/mol. The van der Waals surface area contributed by atoms with Crippen LogP contribution in [0.3, 0.4) is 0 Å². The van der Waals surface area contributed by atoms with Crippen molar-refractivity contribution in [1.82, 2.24) is 29.8 Å². The van der Waals surface area contributed by atoms with Crippen molar-refractivity contribution < 1.29 is 15.0 Å². The molecule has 1 amide bonds. The Labute approximate surface area is 219 Å². The fourth-order valence-electron chi connectivity index (χ4n) is 5.42. The Morgan fingerprint density at radius 2 is 1.97 bits per heavy atom. The molecule has 2 aliphatic carbocycles. The van der Waals surface area contributed by atoms with Crippen molar-refractivity contribution in [2.45, 2.75) is 83.4 Å². The third kappa shape index (κ3) is 5.17. The molecule has 12 heteroatoms. The Morgan fingerprint density at radius 3 is 2.59 bits per heavy atom. The maximum Gasteiger partial charge on any atom is 0.410 e. The summed E-state index contributed by atoms with van der Waals surface area (Å²) in [6, 6.07) is 0.127. The number of fused-ring (bicyclic) bond motifs is 1. The fraction of sp³-hybridized carbons (Fsp3) is 0.600. The number of aromatic nitrogens is 5. The summed E-state index contributed by atoms with van der Waals surface area (Å²) in [5.41, 5.74) is -0.490. The smallest absolute Gasteiger partial charge is 0.410 e. The third-order valence-corrected chi connectivity index (χ3v) is 8.71. The van der Waals surface area contributed by atoms with E-state index >= 15 is 0 Å². The van der Waals surface area contributed by atoms with E-state index in [1.165, 1.54) is 37.0 Å². The highest BCUT2D eigenvalue weighted by molar-refractivity contribution is 7.09. The zero-order valence-corrected chi connectivity index (χ0v) is 22.0. The van der Waals surface area contributed by atoms with E-state index in [0.29, 0.717) is 46.2 Å². The van der Waals surface area contributed by atoms with E-state index in [1.807, 2.05) is 15.3 Å². The van der Waals surface area contributed by atoms with Gasteiger partial charge < -0.3 is 20.1 Å². The van der Waals surface area contributed by atoms with Gasteiger partial charge in [0, 0.05) is 24.2 Å². The van der Waals surface area contributed by atoms with Gasteiger partial charge >= 0.3 is 6.09 Å². The molecule has 0 radical (unpaired) electrons. The fourth-order valence-corrected chi connectivity index (χ4v) is 6.11. The summed E-state index contributed by atoms with van der Waals surface area (Å²) < 4.78 is 2.03. The number of carboxylic acid groups (broad SMARTS) is 1. The van der Waals surface area contributed by atoms with Crippen molar-refractivity contribution >= 4 is 40.2 Å². The summed E-state index contributed by atoms with van der Waals surface area (Å²) in [5.74, 6) is 1.37. The maximum absolute atomic E-state index is 11.7. The molecule has 0 bridgehead atoms. The van der Waals surface area contributed by atoms with Crippen molar-refractivity contribution in [3.63, 3.8) is 0 Å². The van der Waals surface area contributed by atoms with E-state index in [4.69, 9.17) is 15.5 Å². The first kappa shape index (κ1) is 25.5. The first-order valence-electron chi connectivity index (χ1n) is 13.0. The van der Waals surface area contributed by atoms with Crippen molar-refractivity contribution in [3.8, 4) is 0 Å². The van der Waals surface area contributed by atoms with E-state index in [9.17, 15) is 9.90 Å². The molecule has 5 N–H and O–H groups in total. The highest BCUT2D eigenvalue weighted by atomic mass is 32.1. The average Bonchev–Trinajstić information content (AvgIpc) is 3.48. The molecule has 1 unspecified atom stereocenters. The van der Waals surface area contributed by atoms with Crippen LogP contribution in [0.25, 0.3) is 11.2 Å². The number of imidazole rings is 1. The molecule has 5 rings (SSSR count). The molecule has 2 atom stereocenters. The van der Waals surface area contributed by atoms with Crippen molar-refractivity contribution in [2.24, 2.45) is 11.8 Å². The Hall–Kier alpha value is -3.12.